The van der Waals surface area contributed by atoms with Crippen LogP contribution in [0.3, 0.4) is 0 Å². The van der Waals surface area contributed by atoms with Crippen LogP contribution in [0.5, 0.6) is 0 Å². The number of benzene rings is 1. The van der Waals surface area contributed by atoms with Crippen molar-refractivity contribution in [2.75, 3.05) is 13.1 Å². The van der Waals surface area contributed by atoms with Gasteiger partial charge in [0.2, 0.25) is 0 Å². The van der Waals surface area contributed by atoms with E-state index in [1.165, 1.54) is 0 Å². The minimum atomic E-state index is -0.108. The maximum absolute atomic E-state index is 12.3. The fourth-order valence-corrected chi connectivity index (χ4v) is 2.98. The first-order chi connectivity index (χ1) is 11.1. The Kier molecular flexibility index (Phi) is 4.81. The lowest BCUT2D eigenvalue weighted by Gasteiger charge is -2.31. The number of halogens is 1. The molecule has 1 aromatic carbocycles. The van der Waals surface area contributed by atoms with Crippen molar-refractivity contribution in [1.29, 1.82) is 0 Å². The first kappa shape index (κ1) is 15.8. The molecule has 0 atom stereocenters. The number of piperidine rings is 1. The monoisotopic (exact) mass is 376 g/mol. The number of likely N-dealkylation sites (tertiary alicyclic amines) is 1. The van der Waals surface area contributed by atoms with Crippen LogP contribution in [0.15, 0.2) is 51.6 Å². The fourth-order valence-electron chi connectivity index (χ4n) is 2.67. The van der Waals surface area contributed by atoms with Crippen LogP contribution in [0.1, 0.15) is 33.8 Å². The molecular formula is C17H17BrN2O3. The summed E-state index contributed by atoms with van der Waals surface area (Å²) >= 11 is 3.20. The third-order valence-corrected chi connectivity index (χ3v) is 4.36. The number of hydrogen-bond donors (Lipinski definition) is 1. The lowest BCUT2D eigenvalue weighted by molar-refractivity contribution is 0.0666. The Morgan fingerprint density at radius 1 is 1.09 bits per heavy atom. The molecular weight excluding hydrogens is 360 g/mol. The molecule has 0 spiro atoms. The second kappa shape index (κ2) is 7.00. The highest BCUT2D eigenvalue weighted by Crippen LogP contribution is 2.18. The van der Waals surface area contributed by atoms with Gasteiger partial charge in [0.25, 0.3) is 11.8 Å². The van der Waals surface area contributed by atoms with Crippen molar-refractivity contribution in [1.82, 2.24) is 10.2 Å². The number of nitrogens with zero attached hydrogens (tertiary/aromatic N) is 1. The third-order valence-electron chi connectivity index (χ3n) is 3.94. The molecule has 0 aliphatic carbocycles. The molecule has 1 aliphatic heterocycles. The van der Waals surface area contributed by atoms with E-state index in [4.69, 9.17) is 4.42 Å². The maximum atomic E-state index is 12.3. The normalized spacial score (nSPS) is 15.4. The Balaban J connectivity index is 1.52. The largest absolute Gasteiger partial charge is 0.444 e. The van der Waals surface area contributed by atoms with Gasteiger partial charge in [-0.1, -0.05) is 18.2 Å². The minimum Gasteiger partial charge on any atom is -0.444 e. The molecule has 2 aromatic rings. The molecule has 1 N–H and O–H groups in total. The van der Waals surface area contributed by atoms with Crippen LogP contribution in [0.25, 0.3) is 0 Å². The van der Waals surface area contributed by atoms with Crippen molar-refractivity contribution in [2.45, 2.75) is 18.9 Å². The molecule has 1 aromatic heterocycles. The summed E-state index contributed by atoms with van der Waals surface area (Å²) in [6.45, 7) is 1.22. The van der Waals surface area contributed by atoms with E-state index in [9.17, 15) is 9.59 Å². The van der Waals surface area contributed by atoms with E-state index in [0.29, 0.717) is 29.1 Å². The number of nitrogens with one attached hydrogen (secondary N) is 1. The van der Waals surface area contributed by atoms with Crippen LogP contribution in [-0.4, -0.2) is 35.8 Å². The van der Waals surface area contributed by atoms with Crippen molar-refractivity contribution in [3.8, 4) is 0 Å². The maximum Gasteiger partial charge on any atom is 0.289 e. The molecule has 0 bridgehead atoms. The molecule has 120 valence electrons. The van der Waals surface area contributed by atoms with Gasteiger partial charge in [-0.3, -0.25) is 9.59 Å². The zero-order valence-corrected chi connectivity index (χ0v) is 14.1. The van der Waals surface area contributed by atoms with Crippen molar-refractivity contribution < 1.29 is 14.0 Å². The molecule has 0 radical (unpaired) electrons. The minimum absolute atomic E-state index is 0.0645. The van der Waals surface area contributed by atoms with Gasteiger partial charge in [-0.2, -0.15) is 0 Å². The van der Waals surface area contributed by atoms with E-state index in [1.807, 2.05) is 18.2 Å². The van der Waals surface area contributed by atoms with Gasteiger partial charge in [0.1, 0.15) is 0 Å². The summed E-state index contributed by atoms with van der Waals surface area (Å²) in [5.41, 5.74) is 0.659. The summed E-state index contributed by atoms with van der Waals surface area (Å²) < 4.78 is 5.85. The van der Waals surface area contributed by atoms with Gasteiger partial charge in [0.05, 0.1) is 0 Å². The SMILES string of the molecule is O=C(NC1CCN(C(=O)c2ccc(Br)o2)CC1)c1ccccc1. The number of hydrogen-bond acceptors (Lipinski definition) is 3. The summed E-state index contributed by atoms with van der Waals surface area (Å²) in [7, 11) is 0. The zero-order valence-electron chi connectivity index (χ0n) is 12.5. The summed E-state index contributed by atoms with van der Waals surface area (Å²) in [6, 6.07) is 12.6. The fraction of sp³-hybridized carbons (Fsp3) is 0.294. The van der Waals surface area contributed by atoms with Gasteiger partial charge in [-0.25, -0.2) is 0 Å². The predicted octanol–water partition coefficient (Wildman–Crippen LogP) is 3.08. The van der Waals surface area contributed by atoms with Crippen molar-refractivity contribution >= 4 is 27.7 Å². The smallest absolute Gasteiger partial charge is 0.289 e. The molecule has 23 heavy (non-hydrogen) atoms. The molecule has 2 heterocycles. The number of carbonyl (C=O) groups excluding carboxylic acids is 2. The van der Waals surface area contributed by atoms with Gasteiger partial charge in [-0.15, -0.1) is 0 Å². The highest BCUT2D eigenvalue weighted by molar-refractivity contribution is 9.10. The van der Waals surface area contributed by atoms with Crippen molar-refractivity contribution in [2.24, 2.45) is 0 Å². The number of furan rings is 1. The van der Waals surface area contributed by atoms with E-state index in [0.717, 1.165) is 12.8 Å². The Morgan fingerprint density at radius 3 is 2.39 bits per heavy atom. The van der Waals surface area contributed by atoms with Gasteiger partial charge in [0.15, 0.2) is 10.4 Å². The predicted molar refractivity (Wildman–Crippen MR) is 89.2 cm³/mol. The van der Waals surface area contributed by atoms with Crippen LogP contribution in [0.4, 0.5) is 0 Å². The van der Waals surface area contributed by atoms with Crippen molar-refractivity contribution in [3.63, 3.8) is 0 Å². The van der Waals surface area contributed by atoms with Gasteiger partial charge < -0.3 is 14.6 Å². The molecule has 6 heteroatoms. The molecule has 0 unspecified atom stereocenters. The molecule has 3 rings (SSSR count). The van der Waals surface area contributed by atoms with Gasteiger partial charge in [0, 0.05) is 24.7 Å². The van der Waals surface area contributed by atoms with Crippen LogP contribution < -0.4 is 5.32 Å². The topological polar surface area (TPSA) is 62.6 Å². The van der Waals surface area contributed by atoms with E-state index >= 15 is 0 Å². The molecule has 1 fully saturated rings. The van der Waals surface area contributed by atoms with Crippen LogP contribution in [-0.2, 0) is 0 Å². The summed E-state index contributed by atoms with van der Waals surface area (Å²) in [4.78, 5) is 26.2. The van der Waals surface area contributed by atoms with Gasteiger partial charge >= 0.3 is 0 Å². The Bertz CT molecular complexity index is 691. The summed E-state index contributed by atoms with van der Waals surface area (Å²) in [5.74, 6) is 0.164. The number of amides is 2. The van der Waals surface area contributed by atoms with E-state index < -0.39 is 0 Å². The quantitative estimate of drug-likeness (QED) is 0.894. The van der Waals surface area contributed by atoms with Crippen LogP contribution in [0.2, 0.25) is 0 Å². The lowest BCUT2D eigenvalue weighted by Crippen LogP contribution is -2.46. The highest BCUT2D eigenvalue weighted by Gasteiger charge is 2.26. The van der Waals surface area contributed by atoms with E-state index in [2.05, 4.69) is 21.2 Å². The summed E-state index contributed by atoms with van der Waals surface area (Å²) in [6.07, 6.45) is 1.48. The molecule has 0 saturated carbocycles. The molecule has 5 nitrogen and oxygen atoms in total. The zero-order chi connectivity index (χ0) is 16.2. The summed E-state index contributed by atoms with van der Waals surface area (Å²) in [5, 5.41) is 3.03. The first-order valence-corrected chi connectivity index (χ1v) is 8.33. The Labute approximate surface area is 142 Å². The van der Waals surface area contributed by atoms with Crippen LogP contribution >= 0.6 is 15.9 Å². The molecule has 1 saturated heterocycles. The highest BCUT2D eigenvalue weighted by atomic mass is 79.9. The van der Waals surface area contributed by atoms with Gasteiger partial charge in [-0.05, 0) is 53.0 Å². The third kappa shape index (κ3) is 3.82. The van der Waals surface area contributed by atoms with Crippen LogP contribution in [0, 0.1) is 0 Å². The standard InChI is InChI=1S/C17H17BrN2O3/c18-15-7-6-14(23-15)17(22)20-10-8-13(9-11-20)19-16(21)12-4-2-1-3-5-12/h1-7,13H,8-11H2,(H,19,21). The number of carbonyl (C=O) groups is 2. The Hall–Kier alpha value is -2.08. The van der Waals surface area contributed by atoms with E-state index in [-0.39, 0.29) is 17.9 Å². The first-order valence-electron chi connectivity index (χ1n) is 7.54. The average molecular weight is 377 g/mol. The molecule has 1 aliphatic rings. The van der Waals surface area contributed by atoms with Crippen molar-refractivity contribution in [3.05, 3.63) is 58.5 Å². The number of rotatable bonds is 3. The molecule has 2 amide bonds. The Morgan fingerprint density at radius 2 is 1.78 bits per heavy atom. The van der Waals surface area contributed by atoms with E-state index in [1.54, 1.807) is 29.2 Å². The second-order valence-corrected chi connectivity index (χ2v) is 6.29. The lowest BCUT2D eigenvalue weighted by atomic mass is 10.0. The average Bonchev–Trinajstić information content (AvgIpc) is 3.02. The second-order valence-electron chi connectivity index (χ2n) is 5.51.